The number of hydrogen-bond donors (Lipinski definition) is 1. The molecule has 0 heterocycles. The van der Waals surface area contributed by atoms with Crippen LogP contribution in [0.5, 0.6) is 5.75 Å². The Bertz CT molecular complexity index is 370. The smallest absolute Gasteiger partial charge is 0.241 e. The topological polar surface area (TPSA) is 52.3 Å². The summed E-state index contributed by atoms with van der Waals surface area (Å²) in [6, 6.07) is 5.69. The highest BCUT2D eigenvalue weighted by atomic mass is 16.5. The molecule has 0 atom stereocenters. The second-order valence-corrected chi connectivity index (χ2v) is 2.96. The zero-order chi connectivity index (χ0) is 10.6. The van der Waals surface area contributed by atoms with Crippen LogP contribution in [-0.2, 0) is 4.79 Å². The van der Waals surface area contributed by atoms with Crippen LogP contribution in [0.3, 0.4) is 0 Å². The Kier molecular flexibility index (Phi) is 3.29. The number of aryl methyl sites for hydroxylation is 1. The molecule has 0 radical (unpaired) electrons. The number of carbonyl (C=O) groups is 1. The van der Waals surface area contributed by atoms with Crippen LogP contribution >= 0.6 is 0 Å². The van der Waals surface area contributed by atoms with E-state index in [1.807, 2.05) is 25.1 Å². The van der Waals surface area contributed by atoms with Crippen molar-refractivity contribution >= 4 is 12.0 Å². The first-order valence-electron chi connectivity index (χ1n) is 4.25. The summed E-state index contributed by atoms with van der Waals surface area (Å²) in [6.07, 6.45) is 2.98. The van der Waals surface area contributed by atoms with Gasteiger partial charge in [-0.15, -0.1) is 0 Å². The Morgan fingerprint density at radius 2 is 2.21 bits per heavy atom. The number of carbonyl (C=O) groups excluding carboxylic acids is 1. The third kappa shape index (κ3) is 2.62. The number of rotatable bonds is 3. The summed E-state index contributed by atoms with van der Waals surface area (Å²) in [5, 5.41) is 0. The molecule has 0 unspecified atom stereocenters. The number of benzene rings is 1. The predicted octanol–water partition coefficient (Wildman–Crippen LogP) is 1.50. The molecule has 0 bridgehead atoms. The second kappa shape index (κ2) is 4.46. The predicted molar refractivity (Wildman–Crippen MR) is 56.0 cm³/mol. The van der Waals surface area contributed by atoms with Crippen molar-refractivity contribution in [3.8, 4) is 5.75 Å². The van der Waals surface area contributed by atoms with Crippen LogP contribution < -0.4 is 10.5 Å². The zero-order valence-electron chi connectivity index (χ0n) is 8.28. The van der Waals surface area contributed by atoms with Gasteiger partial charge in [0.25, 0.3) is 0 Å². The Labute approximate surface area is 83.2 Å². The number of methoxy groups -OCH3 is 1. The first kappa shape index (κ1) is 10.3. The van der Waals surface area contributed by atoms with Gasteiger partial charge in [-0.1, -0.05) is 12.1 Å². The molecular formula is C11H13NO2. The quantitative estimate of drug-likeness (QED) is 0.736. The van der Waals surface area contributed by atoms with Gasteiger partial charge in [0.1, 0.15) is 5.75 Å². The maximum Gasteiger partial charge on any atom is 0.241 e. The summed E-state index contributed by atoms with van der Waals surface area (Å²) in [4.78, 5) is 10.5. The van der Waals surface area contributed by atoms with E-state index in [9.17, 15) is 4.79 Å². The maximum atomic E-state index is 10.5. The molecule has 14 heavy (non-hydrogen) atoms. The second-order valence-electron chi connectivity index (χ2n) is 2.96. The van der Waals surface area contributed by atoms with Crippen LogP contribution in [0.1, 0.15) is 11.1 Å². The molecule has 0 aromatic heterocycles. The van der Waals surface area contributed by atoms with Crippen LogP contribution in [0.2, 0.25) is 0 Å². The summed E-state index contributed by atoms with van der Waals surface area (Å²) in [5.74, 6) is 0.348. The largest absolute Gasteiger partial charge is 0.496 e. The van der Waals surface area contributed by atoms with Crippen molar-refractivity contribution in [1.82, 2.24) is 0 Å². The molecule has 3 heteroatoms. The van der Waals surface area contributed by atoms with Gasteiger partial charge in [0.15, 0.2) is 0 Å². The lowest BCUT2D eigenvalue weighted by atomic mass is 10.1. The number of amides is 1. The lowest BCUT2D eigenvalue weighted by Gasteiger charge is -2.04. The molecule has 1 aromatic carbocycles. The first-order chi connectivity index (χ1) is 6.63. The van der Waals surface area contributed by atoms with Gasteiger partial charge < -0.3 is 10.5 Å². The van der Waals surface area contributed by atoms with E-state index in [-0.39, 0.29) is 0 Å². The Hall–Kier alpha value is -1.77. The number of ether oxygens (including phenoxy) is 1. The molecule has 1 aromatic rings. The highest BCUT2D eigenvalue weighted by molar-refractivity contribution is 5.90. The molecule has 1 amide bonds. The normalized spacial score (nSPS) is 10.4. The third-order valence-electron chi connectivity index (χ3n) is 1.87. The van der Waals surface area contributed by atoms with Gasteiger partial charge in [0.05, 0.1) is 7.11 Å². The first-order valence-corrected chi connectivity index (χ1v) is 4.25. The molecule has 74 valence electrons. The van der Waals surface area contributed by atoms with Crippen LogP contribution in [0.25, 0.3) is 6.08 Å². The summed E-state index contributed by atoms with van der Waals surface area (Å²) in [5.41, 5.74) is 6.94. The Balaban J connectivity index is 2.95. The van der Waals surface area contributed by atoms with Crippen molar-refractivity contribution in [2.24, 2.45) is 5.73 Å². The SMILES string of the molecule is COc1cc(C=CC(N)=O)ccc1C. The number of nitrogens with two attached hydrogens (primary N) is 1. The van der Waals surface area contributed by atoms with Gasteiger partial charge in [-0.3, -0.25) is 4.79 Å². The van der Waals surface area contributed by atoms with E-state index < -0.39 is 5.91 Å². The van der Waals surface area contributed by atoms with E-state index in [2.05, 4.69) is 0 Å². The van der Waals surface area contributed by atoms with Gasteiger partial charge in [0.2, 0.25) is 5.91 Å². The molecule has 2 N–H and O–H groups in total. The highest BCUT2D eigenvalue weighted by Gasteiger charge is 1.97. The maximum absolute atomic E-state index is 10.5. The van der Waals surface area contributed by atoms with E-state index in [0.29, 0.717) is 0 Å². The van der Waals surface area contributed by atoms with Crippen LogP contribution in [-0.4, -0.2) is 13.0 Å². The van der Waals surface area contributed by atoms with Crippen LogP contribution in [0, 0.1) is 6.92 Å². The minimum Gasteiger partial charge on any atom is -0.496 e. The van der Waals surface area contributed by atoms with Crippen molar-refractivity contribution in [3.05, 3.63) is 35.4 Å². The molecule has 0 fully saturated rings. The van der Waals surface area contributed by atoms with E-state index in [4.69, 9.17) is 10.5 Å². The van der Waals surface area contributed by atoms with Gasteiger partial charge in [-0.2, -0.15) is 0 Å². The molecule has 0 aliphatic rings. The average molecular weight is 191 g/mol. The van der Waals surface area contributed by atoms with E-state index in [1.165, 1.54) is 6.08 Å². The molecule has 0 saturated carbocycles. The minimum atomic E-state index is -0.454. The van der Waals surface area contributed by atoms with Crippen molar-refractivity contribution < 1.29 is 9.53 Å². The van der Waals surface area contributed by atoms with Crippen molar-refractivity contribution in [3.63, 3.8) is 0 Å². The fourth-order valence-corrected chi connectivity index (χ4v) is 1.12. The zero-order valence-corrected chi connectivity index (χ0v) is 8.28. The van der Waals surface area contributed by atoms with Crippen LogP contribution in [0.15, 0.2) is 24.3 Å². The average Bonchev–Trinajstić information content (AvgIpc) is 2.16. The Morgan fingerprint density at radius 1 is 1.50 bits per heavy atom. The lowest BCUT2D eigenvalue weighted by Crippen LogP contribution is -2.05. The molecule has 0 aliphatic heterocycles. The molecule has 1 rings (SSSR count). The monoisotopic (exact) mass is 191 g/mol. The molecule has 0 spiro atoms. The van der Waals surface area contributed by atoms with Crippen molar-refractivity contribution in [2.75, 3.05) is 7.11 Å². The van der Waals surface area contributed by atoms with Crippen molar-refractivity contribution in [2.45, 2.75) is 6.92 Å². The number of primary amides is 1. The van der Waals surface area contributed by atoms with Crippen LogP contribution in [0.4, 0.5) is 0 Å². The van der Waals surface area contributed by atoms with E-state index in [0.717, 1.165) is 16.9 Å². The summed E-state index contributed by atoms with van der Waals surface area (Å²) in [7, 11) is 1.61. The standard InChI is InChI=1S/C11H13NO2/c1-8-3-4-9(5-6-11(12)13)7-10(8)14-2/h3-7H,1-2H3,(H2,12,13). The highest BCUT2D eigenvalue weighted by Crippen LogP contribution is 2.19. The molecule has 0 aliphatic carbocycles. The van der Waals surface area contributed by atoms with E-state index in [1.54, 1.807) is 13.2 Å². The molecular weight excluding hydrogens is 178 g/mol. The molecule has 0 saturated heterocycles. The van der Waals surface area contributed by atoms with Crippen molar-refractivity contribution in [1.29, 1.82) is 0 Å². The fraction of sp³-hybridized carbons (Fsp3) is 0.182. The van der Waals surface area contributed by atoms with Gasteiger partial charge >= 0.3 is 0 Å². The van der Waals surface area contributed by atoms with Gasteiger partial charge in [-0.25, -0.2) is 0 Å². The third-order valence-corrected chi connectivity index (χ3v) is 1.87. The number of hydrogen-bond acceptors (Lipinski definition) is 2. The minimum absolute atomic E-state index is 0.454. The van der Waals surface area contributed by atoms with Gasteiger partial charge in [-0.05, 0) is 30.2 Å². The van der Waals surface area contributed by atoms with Gasteiger partial charge in [0, 0.05) is 6.08 Å². The lowest BCUT2D eigenvalue weighted by molar-refractivity contribution is -0.113. The fourth-order valence-electron chi connectivity index (χ4n) is 1.12. The Morgan fingerprint density at radius 3 is 2.79 bits per heavy atom. The summed E-state index contributed by atoms with van der Waals surface area (Å²) in [6.45, 7) is 1.96. The summed E-state index contributed by atoms with van der Waals surface area (Å²) >= 11 is 0. The molecule has 3 nitrogen and oxygen atoms in total. The summed E-state index contributed by atoms with van der Waals surface area (Å²) < 4.78 is 5.14. The van der Waals surface area contributed by atoms with E-state index >= 15 is 0 Å².